The number of thiazole rings is 1. The summed E-state index contributed by atoms with van der Waals surface area (Å²) in [6, 6.07) is 0.433. The van der Waals surface area contributed by atoms with Gasteiger partial charge in [-0.2, -0.15) is 5.10 Å². The Kier molecular flexibility index (Phi) is 3.88. The third-order valence-electron chi connectivity index (χ3n) is 4.09. The molecule has 2 aromatic rings. The van der Waals surface area contributed by atoms with Gasteiger partial charge in [0.1, 0.15) is 0 Å². The highest BCUT2D eigenvalue weighted by molar-refractivity contribution is 7.11. The van der Waals surface area contributed by atoms with Gasteiger partial charge < -0.3 is 5.32 Å². The normalized spacial score (nSPS) is 18.8. The van der Waals surface area contributed by atoms with Crippen LogP contribution in [0.25, 0.3) is 0 Å². The zero-order valence-corrected chi connectivity index (χ0v) is 14.1. The van der Waals surface area contributed by atoms with Crippen molar-refractivity contribution in [2.45, 2.75) is 58.0 Å². The van der Waals surface area contributed by atoms with Gasteiger partial charge in [-0.05, 0) is 19.3 Å². The maximum Gasteiger partial charge on any atom is 0.0981 e. The van der Waals surface area contributed by atoms with Crippen molar-refractivity contribution < 1.29 is 0 Å². The molecule has 114 valence electrons. The van der Waals surface area contributed by atoms with Crippen LogP contribution >= 0.6 is 11.3 Å². The molecular formula is C16H24N4S. The summed E-state index contributed by atoms with van der Waals surface area (Å²) in [6.07, 6.45) is 7.63. The molecule has 0 aliphatic heterocycles. The second kappa shape index (κ2) is 5.54. The van der Waals surface area contributed by atoms with Crippen molar-refractivity contribution in [3.8, 4) is 0 Å². The van der Waals surface area contributed by atoms with Crippen molar-refractivity contribution in [3.05, 3.63) is 33.5 Å². The number of rotatable bonds is 3. The Balaban J connectivity index is 1.67. The van der Waals surface area contributed by atoms with E-state index in [0.717, 1.165) is 13.0 Å². The lowest BCUT2D eigenvalue weighted by atomic mass is 9.93. The van der Waals surface area contributed by atoms with Crippen LogP contribution in [0.5, 0.6) is 0 Å². The van der Waals surface area contributed by atoms with Crippen LogP contribution in [-0.2, 0) is 25.4 Å². The zero-order chi connectivity index (χ0) is 15.0. The fourth-order valence-corrected chi connectivity index (χ4v) is 3.80. The van der Waals surface area contributed by atoms with Gasteiger partial charge in [-0.15, -0.1) is 11.3 Å². The summed E-state index contributed by atoms with van der Waals surface area (Å²) >= 11 is 1.82. The Morgan fingerprint density at radius 3 is 2.90 bits per heavy atom. The number of aryl methyl sites for hydroxylation is 1. The predicted molar refractivity (Wildman–Crippen MR) is 86.5 cm³/mol. The third kappa shape index (κ3) is 3.04. The average molecular weight is 304 g/mol. The first kappa shape index (κ1) is 14.7. The van der Waals surface area contributed by atoms with Gasteiger partial charge in [0.25, 0.3) is 0 Å². The highest BCUT2D eigenvalue weighted by Gasteiger charge is 2.23. The van der Waals surface area contributed by atoms with E-state index < -0.39 is 0 Å². The number of aromatic nitrogens is 3. The molecule has 1 unspecified atom stereocenters. The van der Waals surface area contributed by atoms with Gasteiger partial charge in [-0.1, -0.05) is 20.8 Å². The Labute approximate surface area is 130 Å². The SMILES string of the molecule is Cn1ncc2c1CCCC2NCc1cnc(C(C)(C)C)s1. The minimum Gasteiger partial charge on any atom is -0.305 e. The van der Waals surface area contributed by atoms with E-state index in [-0.39, 0.29) is 5.41 Å². The number of nitrogens with zero attached hydrogens (tertiary/aromatic N) is 3. The van der Waals surface area contributed by atoms with Crippen LogP contribution in [0, 0.1) is 0 Å². The van der Waals surface area contributed by atoms with E-state index in [2.05, 4.69) is 36.2 Å². The lowest BCUT2D eigenvalue weighted by Gasteiger charge is -2.23. The molecule has 0 spiro atoms. The van der Waals surface area contributed by atoms with Crippen molar-refractivity contribution in [2.24, 2.45) is 7.05 Å². The lowest BCUT2D eigenvalue weighted by molar-refractivity contribution is 0.453. The molecule has 4 nitrogen and oxygen atoms in total. The van der Waals surface area contributed by atoms with Gasteiger partial charge in [0.05, 0.1) is 11.2 Å². The molecule has 0 radical (unpaired) electrons. The van der Waals surface area contributed by atoms with Gasteiger partial charge in [0.15, 0.2) is 0 Å². The minimum absolute atomic E-state index is 0.143. The molecule has 2 aromatic heterocycles. The van der Waals surface area contributed by atoms with Crippen molar-refractivity contribution in [1.29, 1.82) is 0 Å². The molecule has 1 atom stereocenters. The van der Waals surface area contributed by atoms with Crippen LogP contribution in [0.4, 0.5) is 0 Å². The Hall–Kier alpha value is -1.20. The quantitative estimate of drug-likeness (QED) is 0.945. The molecule has 21 heavy (non-hydrogen) atoms. The monoisotopic (exact) mass is 304 g/mol. The van der Waals surface area contributed by atoms with Gasteiger partial charge in [0, 0.05) is 47.4 Å². The number of fused-ring (bicyclic) bond motifs is 1. The van der Waals surface area contributed by atoms with Crippen molar-refractivity contribution in [1.82, 2.24) is 20.1 Å². The predicted octanol–water partition coefficient (Wildman–Crippen LogP) is 3.34. The summed E-state index contributed by atoms with van der Waals surface area (Å²) in [5.41, 5.74) is 2.91. The van der Waals surface area contributed by atoms with Crippen LogP contribution in [0.15, 0.2) is 12.4 Å². The van der Waals surface area contributed by atoms with Gasteiger partial charge in [0.2, 0.25) is 0 Å². The second-order valence-corrected chi connectivity index (χ2v) is 7.99. The van der Waals surface area contributed by atoms with Gasteiger partial charge >= 0.3 is 0 Å². The lowest BCUT2D eigenvalue weighted by Crippen LogP contribution is -2.24. The minimum atomic E-state index is 0.143. The smallest absolute Gasteiger partial charge is 0.0981 e. The topological polar surface area (TPSA) is 42.7 Å². The third-order valence-corrected chi connectivity index (χ3v) is 5.52. The number of hydrogen-bond acceptors (Lipinski definition) is 4. The van der Waals surface area contributed by atoms with Gasteiger partial charge in [-0.3, -0.25) is 4.68 Å². The molecule has 0 saturated carbocycles. The van der Waals surface area contributed by atoms with E-state index in [1.54, 1.807) is 0 Å². The van der Waals surface area contributed by atoms with Crippen molar-refractivity contribution in [3.63, 3.8) is 0 Å². The Bertz CT molecular complexity index is 621. The molecule has 1 aliphatic carbocycles. The summed E-state index contributed by atoms with van der Waals surface area (Å²) < 4.78 is 2.02. The van der Waals surface area contributed by atoms with E-state index in [9.17, 15) is 0 Å². The average Bonchev–Trinajstić information content (AvgIpc) is 3.04. The van der Waals surface area contributed by atoms with Crippen LogP contribution in [-0.4, -0.2) is 14.8 Å². The largest absolute Gasteiger partial charge is 0.305 e. The zero-order valence-electron chi connectivity index (χ0n) is 13.3. The molecule has 2 heterocycles. The summed E-state index contributed by atoms with van der Waals surface area (Å²) in [4.78, 5) is 5.88. The fourth-order valence-electron chi connectivity index (χ4n) is 2.88. The molecule has 5 heteroatoms. The Morgan fingerprint density at radius 2 is 2.19 bits per heavy atom. The first-order chi connectivity index (χ1) is 9.95. The molecule has 1 N–H and O–H groups in total. The number of nitrogens with one attached hydrogen (secondary N) is 1. The summed E-state index contributed by atoms with van der Waals surface area (Å²) in [5, 5.41) is 9.31. The van der Waals surface area contributed by atoms with Crippen LogP contribution in [0.1, 0.15) is 60.8 Å². The van der Waals surface area contributed by atoms with Crippen molar-refractivity contribution in [2.75, 3.05) is 0 Å². The molecule has 0 amide bonds. The van der Waals surface area contributed by atoms with Crippen molar-refractivity contribution >= 4 is 11.3 Å². The van der Waals surface area contributed by atoms with Crippen LogP contribution < -0.4 is 5.32 Å². The molecule has 0 saturated heterocycles. The maximum absolute atomic E-state index is 4.56. The fraction of sp³-hybridized carbons (Fsp3) is 0.625. The summed E-state index contributed by atoms with van der Waals surface area (Å²) in [6.45, 7) is 7.54. The molecule has 1 aliphatic rings. The number of hydrogen-bond donors (Lipinski definition) is 1. The van der Waals surface area contributed by atoms with E-state index in [4.69, 9.17) is 0 Å². The molecule has 3 rings (SSSR count). The standard InChI is InChI=1S/C16H24N4S/c1-16(2,3)15-18-9-11(21-15)8-17-13-6-5-7-14-12(13)10-19-20(14)4/h9-10,13,17H,5-8H2,1-4H3. The molecular weight excluding hydrogens is 280 g/mol. The first-order valence-electron chi connectivity index (χ1n) is 7.64. The molecule has 0 bridgehead atoms. The Morgan fingerprint density at radius 1 is 1.38 bits per heavy atom. The van der Waals surface area contributed by atoms with E-state index in [0.29, 0.717) is 6.04 Å². The maximum atomic E-state index is 4.56. The molecule has 0 fully saturated rings. The second-order valence-electron chi connectivity index (χ2n) is 6.88. The summed E-state index contributed by atoms with van der Waals surface area (Å²) in [7, 11) is 2.04. The highest BCUT2D eigenvalue weighted by Crippen LogP contribution is 2.30. The van der Waals surface area contributed by atoms with Crippen LogP contribution in [0.3, 0.4) is 0 Å². The molecule has 0 aromatic carbocycles. The van der Waals surface area contributed by atoms with Gasteiger partial charge in [-0.25, -0.2) is 4.98 Å². The van der Waals surface area contributed by atoms with Crippen LogP contribution in [0.2, 0.25) is 0 Å². The van der Waals surface area contributed by atoms with E-state index in [1.165, 1.54) is 34.0 Å². The van der Waals surface area contributed by atoms with E-state index >= 15 is 0 Å². The first-order valence-corrected chi connectivity index (χ1v) is 8.46. The highest BCUT2D eigenvalue weighted by atomic mass is 32.1. The van der Waals surface area contributed by atoms with E-state index in [1.807, 2.05) is 35.5 Å². The summed E-state index contributed by atoms with van der Waals surface area (Å²) in [5.74, 6) is 0.